The molecule has 1 unspecified atom stereocenters. The zero-order valence-corrected chi connectivity index (χ0v) is 19.4. The minimum Gasteiger partial charge on any atom is -0.387 e. The highest BCUT2D eigenvalue weighted by atomic mass is 16.3. The second-order valence-corrected chi connectivity index (χ2v) is 8.83. The molecule has 2 saturated heterocycles. The lowest BCUT2D eigenvalue weighted by atomic mass is 10.1. The smallest absolute Gasteiger partial charge is 0.240 e. The summed E-state index contributed by atoms with van der Waals surface area (Å²) in [5, 5.41) is 17.3. The van der Waals surface area contributed by atoms with E-state index in [1.54, 1.807) is 24.2 Å². The van der Waals surface area contributed by atoms with Crippen LogP contribution in [0.4, 0.5) is 23.3 Å². The molecule has 178 valence electrons. The number of rotatable bonds is 5. The molecular formula is C24H30N8O2. The van der Waals surface area contributed by atoms with Crippen LogP contribution in [0.5, 0.6) is 0 Å². The molecule has 0 spiro atoms. The Kier molecular flexibility index (Phi) is 6.50. The van der Waals surface area contributed by atoms with Crippen molar-refractivity contribution in [3.8, 4) is 0 Å². The molecule has 3 N–H and O–H groups in total. The summed E-state index contributed by atoms with van der Waals surface area (Å²) in [4.78, 5) is 34.8. The molecule has 5 rings (SSSR count). The largest absolute Gasteiger partial charge is 0.387 e. The maximum atomic E-state index is 12.3. The molecule has 0 saturated carbocycles. The van der Waals surface area contributed by atoms with E-state index in [0.717, 1.165) is 61.3 Å². The summed E-state index contributed by atoms with van der Waals surface area (Å²) in [7, 11) is 0. The fourth-order valence-electron chi connectivity index (χ4n) is 4.43. The van der Waals surface area contributed by atoms with Crippen LogP contribution in [-0.4, -0.2) is 63.7 Å². The molecule has 0 aliphatic carbocycles. The summed E-state index contributed by atoms with van der Waals surface area (Å²) < 4.78 is 0. The third-order valence-electron chi connectivity index (χ3n) is 6.26. The molecule has 10 nitrogen and oxygen atoms in total. The number of carbonyl (C=O) groups excluding carboxylic acids is 1. The van der Waals surface area contributed by atoms with Crippen molar-refractivity contribution in [3.05, 3.63) is 36.3 Å². The van der Waals surface area contributed by atoms with Crippen LogP contribution in [0.2, 0.25) is 0 Å². The minimum atomic E-state index is -0.666. The maximum absolute atomic E-state index is 12.3. The molecule has 1 amide bonds. The van der Waals surface area contributed by atoms with E-state index in [0.29, 0.717) is 30.5 Å². The number of hydrogen-bond donors (Lipinski definition) is 3. The van der Waals surface area contributed by atoms with Gasteiger partial charge in [0.05, 0.1) is 30.2 Å². The molecule has 0 radical (unpaired) electrons. The fourth-order valence-corrected chi connectivity index (χ4v) is 4.43. The number of pyridine rings is 2. The van der Waals surface area contributed by atoms with Crippen molar-refractivity contribution in [1.29, 1.82) is 0 Å². The second-order valence-electron chi connectivity index (χ2n) is 8.83. The van der Waals surface area contributed by atoms with Gasteiger partial charge in [0, 0.05) is 31.2 Å². The molecular weight excluding hydrogens is 432 g/mol. The van der Waals surface area contributed by atoms with Crippen LogP contribution in [0, 0.1) is 0 Å². The Balaban J connectivity index is 1.41. The number of piperidine rings is 1. The lowest BCUT2D eigenvalue weighted by Crippen LogP contribution is -2.34. The molecule has 0 aromatic carbocycles. The average molecular weight is 463 g/mol. The Hall–Kier alpha value is -3.37. The SMILES string of the molecule is CC(O)c1cc2cnc(Nc3ccc(N4CCCNCC4=O)cn3)nc2c(N2CCCCC2)n1. The van der Waals surface area contributed by atoms with Crippen molar-refractivity contribution in [2.75, 3.05) is 47.8 Å². The van der Waals surface area contributed by atoms with Crippen molar-refractivity contribution in [1.82, 2.24) is 25.3 Å². The van der Waals surface area contributed by atoms with Crippen LogP contribution in [0.15, 0.2) is 30.6 Å². The van der Waals surface area contributed by atoms with E-state index in [1.807, 2.05) is 18.2 Å². The lowest BCUT2D eigenvalue weighted by Gasteiger charge is -2.29. The number of aliphatic hydroxyl groups is 1. The van der Waals surface area contributed by atoms with Crippen LogP contribution in [0.1, 0.15) is 44.4 Å². The Bertz CT molecular complexity index is 1160. The highest BCUT2D eigenvalue weighted by Crippen LogP contribution is 2.29. The van der Waals surface area contributed by atoms with E-state index in [9.17, 15) is 9.90 Å². The van der Waals surface area contributed by atoms with E-state index >= 15 is 0 Å². The van der Waals surface area contributed by atoms with Crippen LogP contribution in [0.25, 0.3) is 10.9 Å². The summed E-state index contributed by atoms with van der Waals surface area (Å²) in [5.41, 5.74) is 2.15. The zero-order valence-electron chi connectivity index (χ0n) is 19.4. The van der Waals surface area contributed by atoms with Gasteiger partial charge in [-0.05, 0) is 57.4 Å². The van der Waals surface area contributed by atoms with Gasteiger partial charge in [0.15, 0.2) is 5.82 Å². The maximum Gasteiger partial charge on any atom is 0.240 e. The van der Waals surface area contributed by atoms with Gasteiger partial charge in [-0.15, -0.1) is 0 Å². The van der Waals surface area contributed by atoms with Crippen molar-refractivity contribution in [2.24, 2.45) is 0 Å². The van der Waals surface area contributed by atoms with Crippen molar-refractivity contribution in [2.45, 2.75) is 38.7 Å². The first-order chi connectivity index (χ1) is 16.6. The van der Waals surface area contributed by atoms with Crippen LogP contribution >= 0.6 is 0 Å². The average Bonchev–Trinajstić information content (AvgIpc) is 3.08. The molecule has 10 heteroatoms. The summed E-state index contributed by atoms with van der Waals surface area (Å²) in [5.74, 6) is 1.85. The number of hydrogen-bond acceptors (Lipinski definition) is 9. The zero-order chi connectivity index (χ0) is 23.5. The quantitative estimate of drug-likeness (QED) is 0.525. The van der Waals surface area contributed by atoms with Crippen LogP contribution in [0.3, 0.4) is 0 Å². The number of nitrogens with one attached hydrogen (secondary N) is 2. The van der Waals surface area contributed by atoms with Gasteiger partial charge in [0.2, 0.25) is 11.9 Å². The molecule has 5 heterocycles. The standard InChI is InChI=1S/C24H30N8O2/c1-16(33)19-12-17-13-27-24(30-22(17)23(28-19)31-9-3-2-4-10-31)29-20-7-6-18(14-26-20)32-11-5-8-25-15-21(32)34/h6-7,12-14,16,25,33H,2-5,8-11,15H2,1H3,(H,26,27,29,30). The summed E-state index contributed by atoms with van der Waals surface area (Å²) in [6.45, 7) is 5.42. The van der Waals surface area contributed by atoms with Gasteiger partial charge in [0.25, 0.3) is 0 Å². The number of amides is 1. The number of fused-ring (bicyclic) bond motifs is 1. The van der Waals surface area contributed by atoms with Gasteiger partial charge in [-0.2, -0.15) is 0 Å². The van der Waals surface area contributed by atoms with Crippen molar-refractivity contribution < 1.29 is 9.90 Å². The first-order valence-electron chi connectivity index (χ1n) is 11.9. The van der Waals surface area contributed by atoms with E-state index < -0.39 is 6.10 Å². The monoisotopic (exact) mass is 462 g/mol. The highest BCUT2D eigenvalue weighted by molar-refractivity contribution is 5.95. The molecule has 1 atom stereocenters. The minimum absolute atomic E-state index is 0.0483. The molecule has 2 aliphatic heterocycles. The van der Waals surface area contributed by atoms with Gasteiger partial charge in [-0.1, -0.05) is 0 Å². The Morgan fingerprint density at radius 1 is 1.06 bits per heavy atom. The first kappa shape index (κ1) is 22.4. The van der Waals surface area contributed by atoms with Gasteiger partial charge in [0.1, 0.15) is 11.3 Å². The molecule has 2 fully saturated rings. The molecule has 34 heavy (non-hydrogen) atoms. The lowest BCUT2D eigenvalue weighted by molar-refractivity contribution is -0.117. The Morgan fingerprint density at radius 3 is 2.68 bits per heavy atom. The van der Waals surface area contributed by atoms with Gasteiger partial charge < -0.3 is 25.5 Å². The topological polar surface area (TPSA) is 119 Å². The van der Waals surface area contributed by atoms with Crippen LogP contribution in [-0.2, 0) is 4.79 Å². The van der Waals surface area contributed by atoms with E-state index in [-0.39, 0.29) is 5.91 Å². The van der Waals surface area contributed by atoms with Crippen LogP contribution < -0.4 is 20.4 Å². The number of aromatic nitrogens is 4. The number of anilines is 4. The summed E-state index contributed by atoms with van der Waals surface area (Å²) >= 11 is 0. The Morgan fingerprint density at radius 2 is 1.91 bits per heavy atom. The second kappa shape index (κ2) is 9.86. The molecule has 3 aromatic heterocycles. The molecule has 2 aliphatic rings. The van der Waals surface area contributed by atoms with Gasteiger partial charge in [-0.3, -0.25) is 4.79 Å². The summed E-state index contributed by atoms with van der Waals surface area (Å²) in [6, 6.07) is 5.56. The van der Waals surface area contributed by atoms with Crippen molar-refractivity contribution >= 4 is 40.1 Å². The third kappa shape index (κ3) is 4.78. The number of aliphatic hydroxyl groups excluding tert-OH is 1. The highest BCUT2D eigenvalue weighted by Gasteiger charge is 2.20. The fraction of sp³-hybridized carbons (Fsp3) is 0.458. The normalized spacial score (nSPS) is 18.1. The Labute approximate surface area is 198 Å². The van der Waals surface area contributed by atoms with E-state index in [4.69, 9.17) is 9.97 Å². The van der Waals surface area contributed by atoms with E-state index in [2.05, 4.69) is 25.5 Å². The predicted octanol–water partition coefficient (Wildman–Crippen LogP) is 2.53. The van der Waals surface area contributed by atoms with Crippen molar-refractivity contribution in [3.63, 3.8) is 0 Å². The predicted molar refractivity (Wildman–Crippen MR) is 131 cm³/mol. The van der Waals surface area contributed by atoms with Gasteiger partial charge in [-0.25, -0.2) is 19.9 Å². The summed E-state index contributed by atoms with van der Waals surface area (Å²) in [6.07, 6.45) is 7.13. The van der Waals surface area contributed by atoms with E-state index in [1.165, 1.54) is 6.42 Å². The number of carbonyl (C=O) groups is 1. The molecule has 3 aromatic rings. The third-order valence-corrected chi connectivity index (χ3v) is 6.26. The number of nitrogens with zero attached hydrogens (tertiary/aromatic N) is 6. The van der Waals surface area contributed by atoms with Gasteiger partial charge >= 0.3 is 0 Å². The first-order valence-corrected chi connectivity index (χ1v) is 11.9. The molecule has 0 bridgehead atoms.